The van der Waals surface area contributed by atoms with Crippen molar-refractivity contribution in [3.05, 3.63) is 29.3 Å². The van der Waals surface area contributed by atoms with Crippen LogP contribution in [0.5, 0.6) is 5.75 Å². The molecule has 1 saturated carbocycles. The van der Waals surface area contributed by atoms with Gasteiger partial charge in [0.05, 0.1) is 0 Å². The Labute approximate surface area is 78.4 Å². The highest BCUT2D eigenvalue weighted by molar-refractivity contribution is 5.41. The molecule has 0 aliphatic heterocycles. The predicted octanol–water partition coefficient (Wildman–Crippen LogP) is 2.11. The van der Waals surface area contributed by atoms with Crippen LogP contribution in [-0.4, -0.2) is 5.11 Å². The van der Waals surface area contributed by atoms with Crippen LogP contribution in [0.1, 0.15) is 30.0 Å². The molecule has 0 spiro atoms. The number of rotatable bonds is 2. The Morgan fingerprint density at radius 1 is 1.46 bits per heavy atom. The van der Waals surface area contributed by atoms with E-state index in [1.807, 2.05) is 25.1 Å². The van der Waals surface area contributed by atoms with E-state index in [9.17, 15) is 5.11 Å². The zero-order valence-electron chi connectivity index (χ0n) is 7.83. The third-order valence-electron chi connectivity index (χ3n) is 2.76. The Balaban J connectivity index is 2.32. The van der Waals surface area contributed by atoms with Crippen molar-refractivity contribution < 1.29 is 5.11 Å². The normalized spacial score (nSPS) is 18.6. The topological polar surface area (TPSA) is 46.2 Å². The van der Waals surface area contributed by atoms with Crippen LogP contribution in [-0.2, 0) is 0 Å². The summed E-state index contributed by atoms with van der Waals surface area (Å²) in [6.07, 6.45) is 2.41. The van der Waals surface area contributed by atoms with Crippen LogP contribution in [0.15, 0.2) is 18.2 Å². The van der Waals surface area contributed by atoms with Crippen molar-refractivity contribution in [1.29, 1.82) is 0 Å². The summed E-state index contributed by atoms with van der Waals surface area (Å²) < 4.78 is 0. The lowest BCUT2D eigenvalue weighted by molar-refractivity contribution is 0.452. The molecule has 13 heavy (non-hydrogen) atoms. The Hall–Kier alpha value is -1.02. The largest absolute Gasteiger partial charge is 0.507 e. The minimum atomic E-state index is 0.0277. The smallest absolute Gasteiger partial charge is 0.123 e. The highest BCUT2D eigenvalue weighted by atomic mass is 16.3. The second-order valence-electron chi connectivity index (χ2n) is 3.88. The van der Waals surface area contributed by atoms with Gasteiger partial charge in [0.2, 0.25) is 0 Å². The average Bonchev–Trinajstić information content (AvgIpc) is 2.91. The molecule has 1 unspecified atom stereocenters. The van der Waals surface area contributed by atoms with E-state index in [2.05, 4.69) is 0 Å². The second kappa shape index (κ2) is 3.04. The lowest BCUT2D eigenvalue weighted by atomic mass is 10.00. The predicted molar refractivity (Wildman–Crippen MR) is 52.5 cm³/mol. The van der Waals surface area contributed by atoms with Crippen molar-refractivity contribution in [3.63, 3.8) is 0 Å². The molecule has 0 amide bonds. The number of hydrogen-bond acceptors (Lipinski definition) is 2. The number of benzene rings is 1. The fourth-order valence-electron chi connectivity index (χ4n) is 1.66. The van der Waals surface area contributed by atoms with Gasteiger partial charge in [-0.25, -0.2) is 0 Å². The van der Waals surface area contributed by atoms with E-state index in [4.69, 9.17) is 5.73 Å². The van der Waals surface area contributed by atoms with Gasteiger partial charge in [0, 0.05) is 11.6 Å². The maximum Gasteiger partial charge on any atom is 0.123 e. The minimum absolute atomic E-state index is 0.0277. The number of hydrogen-bond donors (Lipinski definition) is 2. The molecule has 0 radical (unpaired) electrons. The molecule has 1 fully saturated rings. The number of aromatic hydroxyl groups is 1. The number of aryl methyl sites for hydroxylation is 1. The molecular formula is C11H15NO. The van der Waals surface area contributed by atoms with Crippen molar-refractivity contribution in [3.8, 4) is 5.75 Å². The van der Waals surface area contributed by atoms with Gasteiger partial charge in [-0.2, -0.15) is 0 Å². The maximum absolute atomic E-state index is 9.76. The summed E-state index contributed by atoms with van der Waals surface area (Å²) in [5, 5.41) is 9.76. The minimum Gasteiger partial charge on any atom is -0.507 e. The first-order valence-electron chi connectivity index (χ1n) is 4.74. The molecule has 1 atom stereocenters. The van der Waals surface area contributed by atoms with Crippen LogP contribution < -0.4 is 5.73 Å². The fourth-order valence-corrected chi connectivity index (χ4v) is 1.66. The van der Waals surface area contributed by atoms with Crippen LogP contribution in [0, 0.1) is 12.8 Å². The van der Waals surface area contributed by atoms with Gasteiger partial charge in [-0.05, 0) is 31.2 Å². The van der Waals surface area contributed by atoms with Crippen LogP contribution in [0.3, 0.4) is 0 Å². The fraction of sp³-hybridized carbons (Fsp3) is 0.455. The first-order valence-corrected chi connectivity index (χ1v) is 4.74. The molecule has 0 aromatic heterocycles. The molecule has 0 bridgehead atoms. The van der Waals surface area contributed by atoms with Gasteiger partial charge in [0.1, 0.15) is 5.75 Å². The van der Waals surface area contributed by atoms with E-state index in [-0.39, 0.29) is 6.04 Å². The number of phenolic OH excluding ortho intramolecular Hbond substituents is 1. The first kappa shape index (κ1) is 8.57. The van der Waals surface area contributed by atoms with Gasteiger partial charge >= 0.3 is 0 Å². The monoisotopic (exact) mass is 177 g/mol. The molecule has 3 N–H and O–H groups in total. The average molecular weight is 177 g/mol. The first-order chi connectivity index (χ1) is 6.20. The SMILES string of the molecule is Cc1cccc(C(N)C2CC2)c1O. The van der Waals surface area contributed by atoms with Crippen LogP contribution >= 0.6 is 0 Å². The molecule has 1 aromatic carbocycles. The van der Waals surface area contributed by atoms with E-state index in [1.54, 1.807) is 0 Å². The third kappa shape index (κ3) is 1.54. The molecule has 2 nitrogen and oxygen atoms in total. The molecule has 0 heterocycles. The van der Waals surface area contributed by atoms with Gasteiger partial charge in [-0.15, -0.1) is 0 Å². The zero-order valence-corrected chi connectivity index (χ0v) is 7.83. The van der Waals surface area contributed by atoms with Crippen molar-refractivity contribution in [2.45, 2.75) is 25.8 Å². The lowest BCUT2D eigenvalue weighted by Gasteiger charge is -2.13. The molecule has 2 heteroatoms. The molecule has 0 saturated heterocycles. The molecule has 70 valence electrons. The van der Waals surface area contributed by atoms with Crippen molar-refractivity contribution in [2.75, 3.05) is 0 Å². The van der Waals surface area contributed by atoms with Gasteiger partial charge in [0.15, 0.2) is 0 Å². The summed E-state index contributed by atoms with van der Waals surface area (Å²) in [5.41, 5.74) is 7.83. The summed E-state index contributed by atoms with van der Waals surface area (Å²) in [4.78, 5) is 0. The molecule has 1 aliphatic rings. The quantitative estimate of drug-likeness (QED) is 0.726. The van der Waals surface area contributed by atoms with Crippen LogP contribution in [0.4, 0.5) is 0 Å². The van der Waals surface area contributed by atoms with Gasteiger partial charge in [-0.1, -0.05) is 18.2 Å². The summed E-state index contributed by atoms with van der Waals surface area (Å²) >= 11 is 0. The summed E-state index contributed by atoms with van der Waals surface area (Å²) in [6.45, 7) is 1.90. The summed E-state index contributed by atoms with van der Waals surface area (Å²) in [7, 11) is 0. The number of para-hydroxylation sites is 1. The van der Waals surface area contributed by atoms with E-state index < -0.39 is 0 Å². The molecular weight excluding hydrogens is 162 g/mol. The Morgan fingerprint density at radius 2 is 2.15 bits per heavy atom. The molecule has 1 aliphatic carbocycles. The van der Waals surface area contributed by atoms with Crippen LogP contribution in [0.2, 0.25) is 0 Å². The highest BCUT2D eigenvalue weighted by Gasteiger charge is 2.30. The summed E-state index contributed by atoms with van der Waals surface area (Å²) in [5.74, 6) is 0.967. The van der Waals surface area contributed by atoms with E-state index in [0.717, 1.165) is 11.1 Å². The zero-order chi connectivity index (χ0) is 9.42. The van der Waals surface area contributed by atoms with Gasteiger partial charge in [0.25, 0.3) is 0 Å². The van der Waals surface area contributed by atoms with Gasteiger partial charge < -0.3 is 10.8 Å². The van der Waals surface area contributed by atoms with Crippen molar-refractivity contribution >= 4 is 0 Å². The van der Waals surface area contributed by atoms with Gasteiger partial charge in [-0.3, -0.25) is 0 Å². The number of nitrogens with two attached hydrogens (primary N) is 1. The van der Waals surface area contributed by atoms with E-state index in [0.29, 0.717) is 11.7 Å². The second-order valence-corrected chi connectivity index (χ2v) is 3.88. The van der Waals surface area contributed by atoms with E-state index >= 15 is 0 Å². The number of phenols is 1. The van der Waals surface area contributed by atoms with Crippen molar-refractivity contribution in [1.82, 2.24) is 0 Å². The third-order valence-corrected chi connectivity index (χ3v) is 2.76. The van der Waals surface area contributed by atoms with E-state index in [1.165, 1.54) is 12.8 Å². The Morgan fingerprint density at radius 3 is 2.77 bits per heavy atom. The highest BCUT2D eigenvalue weighted by Crippen LogP contribution is 2.42. The summed E-state index contributed by atoms with van der Waals surface area (Å²) in [6, 6.07) is 5.80. The van der Waals surface area contributed by atoms with Crippen molar-refractivity contribution in [2.24, 2.45) is 11.7 Å². The standard InChI is InChI=1S/C11H15NO/c1-7-3-2-4-9(11(7)13)10(12)8-5-6-8/h2-4,8,10,13H,5-6,12H2,1H3. The van der Waals surface area contributed by atoms with Crippen LogP contribution in [0.25, 0.3) is 0 Å². The molecule has 1 aromatic rings. The maximum atomic E-state index is 9.76. The lowest BCUT2D eigenvalue weighted by Crippen LogP contribution is -2.12. The molecule has 2 rings (SSSR count). The Bertz CT molecular complexity index is 318. The Kier molecular flexibility index (Phi) is 2.00.